The second-order valence-electron chi connectivity index (χ2n) is 24.6. The van der Waals surface area contributed by atoms with E-state index in [-0.39, 0.29) is 55.2 Å². The van der Waals surface area contributed by atoms with Crippen molar-refractivity contribution in [3.8, 4) is 0 Å². The molecule has 2 heterocycles. The Hall–Kier alpha value is -10.1. The molecule has 0 saturated carbocycles. The number of hydrogen-bond acceptors (Lipinski definition) is 14. The molecule has 27 heteroatoms. The van der Waals surface area contributed by atoms with Crippen molar-refractivity contribution in [2.75, 3.05) is 13.1 Å². The summed E-state index contributed by atoms with van der Waals surface area (Å²) in [4.78, 5) is 169. The molecule has 14 N–H and O–H groups in total. The first-order valence-electron chi connectivity index (χ1n) is 31.7. The van der Waals surface area contributed by atoms with Crippen LogP contribution in [0.4, 0.5) is 0 Å². The van der Waals surface area contributed by atoms with Gasteiger partial charge in [-0.05, 0) is 72.6 Å². The van der Waals surface area contributed by atoms with Crippen LogP contribution >= 0.6 is 0 Å². The third-order valence-corrected chi connectivity index (χ3v) is 15.8. The molecule has 4 aromatic carbocycles. The number of nitrogens with zero attached hydrogens (tertiary/aromatic N) is 2. The maximum Gasteiger partial charge on any atom is 0.326 e. The van der Waals surface area contributed by atoms with Crippen molar-refractivity contribution in [3.63, 3.8) is 0 Å². The van der Waals surface area contributed by atoms with Crippen molar-refractivity contribution in [1.82, 2.24) is 47.0 Å². The Morgan fingerprint density at radius 3 is 1.06 bits per heavy atom. The number of hydrogen-bond donors (Lipinski definition) is 12. The Labute approximate surface area is 551 Å². The zero-order valence-corrected chi connectivity index (χ0v) is 54.1. The summed E-state index contributed by atoms with van der Waals surface area (Å²) in [5.74, 6) is -10.4. The minimum atomic E-state index is -1.73. The van der Waals surface area contributed by atoms with Crippen molar-refractivity contribution in [2.45, 2.75) is 172 Å². The number of carbonyl (C=O) groups is 13. The molecule has 95 heavy (non-hydrogen) atoms. The van der Waals surface area contributed by atoms with E-state index in [4.69, 9.17) is 16.6 Å². The molecule has 0 unspecified atom stereocenters. The third kappa shape index (κ3) is 25.1. The first-order chi connectivity index (χ1) is 45.1. The van der Waals surface area contributed by atoms with Gasteiger partial charge in [-0.2, -0.15) is 0 Å². The van der Waals surface area contributed by atoms with Crippen molar-refractivity contribution in [2.24, 2.45) is 23.3 Å². The summed E-state index contributed by atoms with van der Waals surface area (Å²) in [5.41, 5.74) is 14.2. The monoisotopic (exact) mass is 1320 g/mol. The Bertz CT molecular complexity index is 3290. The van der Waals surface area contributed by atoms with Gasteiger partial charge in [0.05, 0.1) is 18.9 Å². The third-order valence-electron chi connectivity index (χ3n) is 15.8. The van der Waals surface area contributed by atoms with E-state index in [0.29, 0.717) is 68.3 Å². The summed E-state index contributed by atoms with van der Waals surface area (Å²) < 4.78 is 0. The zero-order valence-electron chi connectivity index (χ0n) is 54.1. The molecule has 10 amide bonds. The number of likely N-dealkylation sites (tertiary alicyclic amines) is 2. The maximum atomic E-state index is 13.9. The average Bonchev–Trinajstić information content (AvgIpc) is 1.77. The summed E-state index contributed by atoms with van der Waals surface area (Å²) in [7, 11) is 0. The highest BCUT2D eigenvalue weighted by molar-refractivity contribution is 5.98. The number of primary amides is 1. The van der Waals surface area contributed by atoms with Gasteiger partial charge in [-0.3, -0.25) is 57.5 Å². The molecule has 10 atom stereocenters. The van der Waals surface area contributed by atoms with Crippen molar-refractivity contribution in [1.29, 1.82) is 0 Å². The lowest BCUT2D eigenvalue weighted by atomic mass is 10.0. The van der Waals surface area contributed by atoms with Gasteiger partial charge in [0.15, 0.2) is 0 Å². The van der Waals surface area contributed by atoms with Gasteiger partial charge in [-0.15, -0.1) is 0 Å². The zero-order chi connectivity index (χ0) is 69.9. The largest absolute Gasteiger partial charge is 0.481 e. The van der Waals surface area contributed by atoms with Gasteiger partial charge in [-0.25, -0.2) is 4.79 Å². The number of rotatable bonds is 33. The van der Waals surface area contributed by atoms with Gasteiger partial charge in [0.25, 0.3) is 0 Å². The van der Waals surface area contributed by atoms with Crippen molar-refractivity contribution < 1.29 is 77.6 Å². The number of amides is 10. The van der Waals surface area contributed by atoms with E-state index < -0.39 is 133 Å². The number of carbonyl (C=O) groups excluding carboxylic acids is 10. The van der Waals surface area contributed by atoms with Crippen LogP contribution in [0.2, 0.25) is 0 Å². The number of aliphatic carboxylic acids is 3. The summed E-state index contributed by atoms with van der Waals surface area (Å²) in [5, 5.41) is 45.9. The Balaban J connectivity index is 0.000000345. The fourth-order valence-electron chi connectivity index (χ4n) is 11.2. The molecular formula is C68H89N11O16. The molecule has 2 aliphatic rings. The van der Waals surface area contributed by atoms with Gasteiger partial charge in [-0.1, -0.05) is 149 Å². The molecule has 2 fully saturated rings. The van der Waals surface area contributed by atoms with Crippen LogP contribution in [0, 0.1) is 11.8 Å². The topological polar surface area (TPSA) is 425 Å². The molecule has 0 spiro atoms. The maximum absolute atomic E-state index is 13.9. The number of carboxylic acid groups (broad SMARTS) is 3. The summed E-state index contributed by atoms with van der Waals surface area (Å²) in [6.45, 7) is 9.74. The van der Waals surface area contributed by atoms with E-state index in [9.17, 15) is 72.5 Å². The lowest BCUT2D eigenvalue weighted by Crippen LogP contribution is -2.59. The van der Waals surface area contributed by atoms with Crippen LogP contribution in [0.1, 0.15) is 108 Å². The molecule has 4 aromatic rings. The predicted octanol–water partition coefficient (Wildman–Crippen LogP) is 1.28. The standard InChI is InChI=1S/C35H46N6O8.C33H43N5O8/c1-21(2)17-28(37-22(3)42)35(49)41-16-10-15-29(41)34(48)40-27(19-24-13-8-5-9-14-24)33(47)39-26(18-23-11-6-4-7-12-23)32(46)38-25(31(36)45)20-30(43)44;1-20(2)16-23(34)32(44)38-15-9-14-27(38)31(43)36-25(18-22-12-7-4-8-13-22)29(41)35-24(17-21-10-5-3-6-11-21)30(42)37-26(33(45)46)19-28(39)40/h4-9,11-14,21,25-29H,10,15-20H2,1-3H3,(H2,36,45)(H,37,42)(H,38,46)(H,39,47)(H,40,48)(H,43,44);3-8,10-13,20,23-27H,9,14-19,34H2,1-2H3,(H,35,41)(H,36,43)(H,37,42)(H,39,40)(H,45,46)/t25-,26-,27-,28-,29-;23-,24-,25-,26-,27-/m00/s1. The van der Waals surface area contributed by atoms with Crippen LogP contribution in [0.25, 0.3) is 0 Å². The SMILES string of the molecule is CC(=O)N[C@@H](CC(C)C)C(=O)N1CCC[C@H]1C(=O)N[C@@H](Cc1ccccc1)C(=O)N[C@@H](Cc1ccccc1)C(=O)N[C@@H](CC(=O)O)C(N)=O.CC(C)C[C@H](N)C(=O)N1CCC[C@H]1C(=O)N[C@@H](Cc1ccccc1)C(=O)N[C@@H](Cc1ccccc1)C(=O)N[C@@H](CC(=O)O)C(=O)O. The number of benzene rings is 4. The quantitative estimate of drug-likeness (QED) is 0.0320. The molecular weight excluding hydrogens is 1230 g/mol. The first kappa shape index (κ1) is 75.7. The van der Waals surface area contributed by atoms with Crippen LogP contribution in [0.15, 0.2) is 121 Å². The van der Waals surface area contributed by atoms with E-state index in [1.165, 1.54) is 16.7 Å². The smallest absolute Gasteiger partial charge is 0.326 e. The van der Waals surface area contributed by atoms with E-state index in [1.54, 1.807) is 121 Å². The second kappa shape index (κ2) is 37.6. The molecule has 6 rings (SSSR count). The van der Waals surface area contributed by atoms with Crippen LogP contribution < -0.4 is 48.7 Å². The Morgan fingerprint density at radius 1 is 0.432 bits per heavy atom. The minimum absolute atomic E-state index is 0.0196. The average molecular weight is 1320 g/mol. The molecule has 27 nitrogen and oxygen atoms in total. The molecule has 0 aliphatic carbocycles. The van der Waals surface area contributed by atoms with E-state index in [1.807, 2.05) is 27.7 Å². The second-order valence-corrected chi connectivity index (χ2v) is 24.6. The highest BCUT2D eigenvalue weighted by Crippen LogP contribution is 2.23. The van der Waals surface area contributed by atoms with Gasteiger partial charge in [0, 0.05) is 45.7 Å². The van der Waals surface area contributed by atoms with Crippen LogP contribution in [-0.4, -0.2) is 176 Å². The lowest BCUT2D eigenvalue weighted by Gasteiger charge is -2.30. The fraction of sp³-hybridized carbons (Fsp3) is 0.456. The highest BCUT2D eigenvalue weighted by Gasteiger charge is 2.41. The van der Waals surface area contributed by atoms with E-state index in [0.717, 1.165) is 5.56 Å². The van der Waals surface area contributed by atoms with E-state index in [2.05, 4.69) is 37.2 Å². The number of carboxylic acids is 3. The predicted molar refractivity (Wildman–Crippen MR) is 347 cm³/mol. The van der Waals surface area contributed by atoms with Crippen LogP contribution in [0.5, 0.6) is 0 Å². The molecule has 0 aromatic heterocycles. The van der Waals surface area contributed by atoms with E-state index >= 15 is 0 Å². The van der Waals surface area contributed by atoms with Gasteiger partial charge in [0.1, 0.15) is 54.4 Å². The van der Waals surface area contributed by atoms with Gasteiger partial charge < -0.3 is 73.8 Å². The lowest BCUT2D eigenvalue weighted by molar-refractivity contribution is -0.147. The van der Waals surface area contributed by atoms with Crippen molar-refractivity contribution in [3.05, 3.63) is 144 Å². The van der Waals surface area contributed by atoms with Gasteiger partial charge in [0.2, 0.25) is 59.1 Å². The Kier molecular flexibility index (Phi) is 29.9. The molecule has 2 aliphatic heterocycles. The fourth-order valence-corrected chi connectivity index (χ4v) is 11.2. The first-order valence-corrected chi connectivity index (χ1v) is 31.7. The van der Waals surface area contributed by atoms with Crippen LogP contribution in [-0.2, 0) is 88.0 Å². The molecule has 0 bridgehead atoms. The number of nitrogens with two attached hydrogens (primary N) is 2. The van der Waals surface area contributed by atoms with Gasteiger partial charge >= 0.3 is 17.9 Å². The normalized spacial score (nSPS) is 16.7. The molecule has 0 radical (unpaired) electrons. The van der Waals surface area contributed by atoms with Crippen molar-refractivity contribution >= 4 is 77.0 Å². The molecule has 512 valence electrons. The summed E-state index contributed by atoms with van der Waals surface area (Å²) in [6, 6.07) is 23.7. The number of nitrogens with one attached hydrogen (secondary N) is 7. The molecule has 2 saturated heterocycles. The summed E-state index contributed by atoms with van der Waals surface area (Å²) in [6.07, 6.45) is 1.15. The van der Waals surface area contributed by atoms with Crippen LogP contribution in [0.3, 0.4) is 0 Å². The Morgan fingerprint density at radius 2 is 0.747 bits per heavy atom. The highest BCUT2D eigenvalue weighted by atomic mass is 16.4. The summed E-state index contributed by atoms with van der Waals surface area (Å²) >= 11 is 0. The minimum Gasteiger partial charge on any atom is -0.481 e.